The van der Waals surface area contributed by atoms with E-state index in [0.29, 0.717) is 4.88 Å². The third kappa shape index (κ3) is 5.22. The third-order valence-electron chi connectivity index (χ3n) is 3.57. The molecule has 0 amide bonds. The topological polar surface area (TPSA) is 89.5 Å². The summed E-state index contributed by atoms with van der Waals surface area (Å²) < 4.78 is 31.4. The number of hydrogen-bond donors (Lipinski definition) is 1. The highest BCUT2D eigenvalue weighted by Crippen LogP contribution is 2.16. The van der Waals surface area contributed by atoms with E-state index in [9.17, 15) is 18.0 Å². The average molecular weight is 381 g/mol. The van der Waals surface area contributed by atoms with Crippen molar-refractivity contribution in [2.75, 3.05) is 13.2 Å². The number of Topliss-reactive ketones (excluding diaryl/α,β-unsaturated/α-hetero) is 1. The van der Waals surface area contributed by atoms with Crippen LogP contribution in [0, 0.1) is 20.8 Å². The van der Waals surface area contributed by atoms with E-state index in [-0.39, 0.29) is 10.7 Å². The number of aryl methyl sites for hydroxylation is 3. The van der Waals surface area contributed by atoms with Gasteiger partial charge in [-0.3, -0.25) is 9.59 Å². The highest BCUT2D eigenvalue weighted by atomic mass is 32.2. The van der Waals surface area contributed by atoms with Gasteiger partial charge >= 0.3 is 5.97 Å². The molecular formula is C17H19NO5S2. The summed E-state index contributed by atoms with van der Waals surface area (Å²) in [5.74, 6) is -1.13. The molecule has 0 spiro atoms. The smallest absolute Gasteiger partial charge is 0.321 e. The fourth-order valence-corrected chi connectivity index (χ4v) is 3.82. The molecule has 0 radical (unpaired) electrons. The predicted molar refractivity (Wildman–Crippen MR) is 95.5 cm³/mol. The Kier molecular flexibility index (Phi) is 6.10. The fraction of sp³-hybridized carbons (Fsp3) is 0.294. The summed E-state index contributed by atoms with van der Waals surface area (Å²) in [6, 6.07) is 8.17. The molecule has 25 heavy (non-hydrogen) atoms. The zero-order valence-corrected chi connectivity index (χ0v) is 15.8. The molecule has 0 aliphatic rings. The molecule has 0 aliphatic heterocycles. The van der Waals surface area contributed by atoms with Crippen LogP contribution in [0.1, 0.15) is 25.7 Å². The number of rotatable bonds is 7. The number of hydrogen-bond acceptors (Lipinski definition) is 6. The summed E-state index contributed by atoms with van der Waals surface area (Å²) in [5, 5.41) is 0. The van der Waals surface area contributed by atoms with Gasteiger partial charge in [-0.2, -0.15) is 4.72 Å². The van der Waals surface area contributed by atoms with Crippen molar-refractivity contribution in [3.63, 3.8) is 0 Å². The Morgan fingerprint density at radius 3 is 2.40 bits per heavy atom. The van der Waals surface area contributed by atoms with Crippen molar-refractivity contribution in [3.8, 4) is 0 Å². The van der Waals surface area contributed by atoms with E-state index in [2.05, 4.69) is 4.72 Å². The molecule has 0 bridgehead atoms. The summed E-state index contributed by atoms with van der Waals surface area (Å²) in [6.07, 6.45) is 0. The second kappa shape index (κ2) is 7.90. The molecule has 134 valence electrons. The minimum Gasteiger partial charge on any atom is -0.456 e. The third-order valence-corrected chi connectivity index (χ3v) is 6.02. The van der Waals surface area contributed by atoms with Gasteiger partial charge in [0.25, 0.3) is 0 Å². The van der Waals surface area contributed by atoms with Gasteiger partial charge in [-0.15, -0.1) is 11.3 Å². The van der Waals surface area contributed by atoms with Gasteiger partial charge in [0.1, 0.15) is 6.54 Å². The zero-order valence-electron chi connectivity index (χ0n) is 14.2. The Morgan fingerprint density at radius 1 is 1.08 bits per heavy atom. The number of nitrogens with one attached hydrogen (secondary N) is 1. The van der Waals surface area contributed by atoms with Crippen LogP contribution in [0.25, 0.3) is 0 Å². The summed E-state index contributed by atoms with van der Waals surface area (Å²) in [4.78, 5) is 25.1. The van der Waals surface area contributed by atoms with Gasteiger partial charge in [0.15, 0.2) is 6.61 Å². The van der Waals surface area contributed by atoms with Crippen LogP contribution in [0.2, 0.25) is 0 Å². The van der Waals surface area contributed by atoms with Crippen LogP contribution >= 0.6 is 11.3 Å². The van der Waals surface area contributed by atoms with Crippen molar-refractivity contribution in [2.24, 2.45) is 0 Å². The second-order valence-electron chi connectivity index (χ2n) is 5.56. The van der Waals surface area contributed by atoms with Gasteiger partial charge in [0, 0.05) is 4.88 Å². The minimum atomic E-state index is -3.82. The molecule has 0 fully saturated rings. The quantitative estimate of drug-likeness (QED) is 0.587. The first-order valence-electron chi connectivity index (χ1n) is 7.51. The molecule has 1 aromatic carbocycles. The number of carbonyl (C=O) groups excluding carboxylic acids is 2. The normalized spacial score (nSPS) is 11.3. The first kappa shape index (κ1) is 19.3. The maximum absolute atomic E-state index is 12.2. The average Bonchev–Trinajstić information content (AvgIpc) is 2.99. The van der Waals surface area contributed by atoms with Crippen molar-refractivity contribution >= 4 is 33.1 Å². The molecule has 2 aromatic rings. The molecule has 8 heteroatoms. The molecule has 1 aromatic heterocycles. The standard InChI is InChI=1S/C17H19NO5S2/c1-11-4-6-14(8-12(11)2)25(21,22)18-9-17(20)23-10-15(19)16-7-5-13(3)24-16/h4-8,18H,9-10H2,1-3H3. The van der Waals surface area contributed by atoms with Gasteiger partial charge in [-0.05, 0) is 56.2 Å². The lowest BCUT2D eigenvalue weighted by Gasteiger charge is -2.08. The molecule has 0 saturated heterocycles. The fourth-order valence-electron chi connectivity index (χ4n) is 1.97. The van der Waals surface area contributed by atoms with Crippen LogP contribution in [-0.2, 0) is 19.6 Å². The molecule has 0 aliphatic carbocycles. The first-order valence-corrected chi connectivity index (χ1v) is 9.81. The van der Waals surface area contributed by atoms with Crippen molar-refractivity contribution < 1.29 is 22.7 Å². The summed E-state index contributed by atoms with van der Waals surface area (Å²) in [6.45, 7) is 4.61. The molecule has 0 atom stereocenters. The lowest BCUT2D eigenvalue weighted by atomic mass is 10.1. The maximum atomic E-state index is 12.2. The molecule has 1 heterocycles. The number of thiophene rings is 1. The largest absolute Gasteiger partial charge is 0.456 e. The SMILES string of the molecule is Cc1ccc(C(=O)COC(=O)CNS(=O)(=O)c2ccc(C)c(C)c2)s1. The number of ketones is 1. The van der Waals surface area contributed by atoms with E-state index in [0.717, 1.165) is 16.0 Å². The molecule has 0 unspecified atom stereocenters. The maximum Gasteiger partial charge on any atom is 0.321 e. The van der Waals surface area contributed by atoms with Gasteiger partial charge in [-0.1, -0.05) is 6.07 Å². The van der Waals surface area contributed by atoms with E-state index in [1.165, 1.54) is 23.5 Å². The van der Waals surface area contributed by atoms with E-state index in [1.807, 2.05) is 13.8 Å². The van der Waals surface area contributed by atoms with Crippen LogP contribution in [0.3, 0.4) is 0 Å². The molecule has 2 rings (SSSR count). The van der Waals surface area contributed by atoms with Crippen molar-refractivity contribution in [3.05, 3.63) is 51.2 Å². The van der Waals surface area contributed by atoms with Crippen LogP contribution < -0.4 is 4.72 Å². The van der Waals surface area contributed by atoms with Crippen LogP contribution in [0.5, 0.6) is 0 Å². The minimum absolute atomic E-state index is 0.0773. The summed E-state index contributed by atoms with van der Waals surface area (Å²) in [7, 11) is -3.82. The highest BCUT2D eigenvalue weighted by molar-refractivity contribution is 7.89. The Hall–Kier alpha value is -2.03. The van der Waals surface area contributed by atoms with Crippen molar-refractivity contribution in [1.82, 2.24) is 4.72 Å². The molecule has 6 nitrogen and oxygen atoms in total. The van der Waals surface area contributed by atoms with Crippen LogP contribution in [0.4, 0.5) is 0 Å². The van der Waals surface area contributed by atoms with Crippen LogP contribution in [-0.4, -0.2) is 33.3 Å². The van der Waals surface area contributed by atoms with E-state index < -0.39 is 29.1 Å². The monoisotopic (exact) mass is 381 g/mol. The van der Waals surface area contributed by atoms with Crippen molar-refractivity contribution in [1.29, 1.82) is 0 Å². The summed E-state index contributed by atoms with van der Waals surface area (Å²) >= 11 is 1.31. The van der Waals surface area contributed by atoms with Crippen LogP contribution in [0.15, 0.2) is 35.2 Å². The molecular weight excluding hydrogens is 362 g/mol. The number of esters is 1. The first-order chi connectivity index (χ1) is 11.7. The molecule has 1 N–H and O–H groups in total. The Balaban J connectivity index is 1.88. The number of sulfonamides is 1. The van der Waals surface area contributed by atoms with Gasteiger partial charge in [-0.25, -0.2) is 8.42 Å². The Bertz CT molecular complexity index is 900. The Labute approximate surface area is 150 Å². The Morgan fingerprint density at radius 2 is 1.80 bits per heavy atom. The lowest BCUT2D eigenvalue weighted by Crippen LogP contribution is -2.31. The number of carbonyl (C=O) groups is 2. The predicted octanol–water partition coefficient (Wildman–Crippen LogP) is 2.38. The second-order valence-corrected chi connectivity index (χ2v) is 8.62. The number of benzene rings is 1. The van der Waals surface area contributed by atoms with Gasteiger partial charge < -0.3 is 4.74 Å². The van der Waals surface area contributed by atoms with Gasteiger partial charge in [0.2, 0.25) is 15.8 Å². The van der Waals surface area contributed by atoms with E-state index in [1.54, 1.807) is 25.1 Å². The van der Waals surface area contributed by atoms with E-state index >= 15 is 0 Å². The number of ether oxygens (including phenoxy) is 1. The molecule has 0 saturated carbocycles. The summed E-state index contributed by atoms with van der Waals surface area (Å²) in [5.41, 5.74) is 1.81. The van der Waals surface area contributed by atoms with E-state index in [4.69, 9.17) is 4.74 Å². The van der Waals surface area contributed by atoms with Gasteiger partial charge in [0.05, 0.1) is 9.77 Å². The van der Waals surface area contributed by atoms with Crippen molar-refractivity contribution in [2.45, 2.75) is 25.7 Å². The lowest BCUT2D eigenvalue weighted by molar-refractivity contribution is -0.141. The zero-order chi connectivity index (χ0) is 18.6. The highest BCUT2D eigenvalue weighted by Gasteiger charge is 2.18.